The maximum Gasteiger partial charge on any atom is 0.341 e. The highest BCUT2D eigenvalue weighted by Gasteiger charge is 2.23. The Bertz CT molecular complexity index is 1990. The van der Waals surface area contributed by atoms with Gasteiger partial charge in [-0.05, 0) is 66.2 Å². The largest absolute Gasteiger partial charge is 0.495 e. The number of carbonyl (C=O) groups excluding carboxylic acids is 1. The number of methoxy groups -OCH3 is 1. The molecule has 0 radical (unpaired) electrons. The van der Waals surface area contributed by atoms with Gasteiger partial charge in [0.05, 0.1) is 24.0 Å². The van der Waals surface area contributed by atoms with Crippen molar-refractivity contribution in [2.75, 3.05) is 43.5 Å². The highest BCUT2D eigenvalue weighted by Crippen LogP contribution is 2.29. The van der Waals surface area contributed by atoms with E-state index in [1.54, 1.807) is 37.4 Å². The molecule has 0 atom stereocenters. The van der Waals surface area contributed by atoms with Crippen molar-refractivity contribution in [1.29, 1.82) is 0 Å². The summed E-state index contributed by atoms with van der Waals surface area (Å²) in [5, 5.41) is 12.4. The van der Waals surface area contributed by atoms with E-state index < -0.39 is 28.6 Å². The van der Waals surface area contributed by atoms with Crippen LogP contribution >= 0.6 is 0 Å². The number of ether oxygens (including phenoxy) is 1. The van der Waals surface area contributed by atoms with E-state index in [0.717, 1.165) is 11.6 Å². The fraction of sp³-hybridized carbons (Fsp3) is 0.171. The summed E-state index contributed by atoms with van der Waals surface area (Å²) in [5.74, 6) is -2.21. The number of rotatable bonds is 8. The van der Waals surface area contributed by atoms with Crippen molar-refractivity contribution in [2.24, 2.45) is 0 Å². The van der Waals surface area contributed by atoms with Gasteiger partial charge in [0.25, 0.3) is 5.91 Å². The number of para-hydroxylation sites is 2. The molecule has 11 heteroatoms. The number of piperazine rings is 1. The molecule has 0 unspecified atom stereocenters. The average molecular weight is 625 g/mol. The summed E-state index contributed by atoms with van der Waals surface area (Å²) in [6, 6.07) is 22.6. The quantitative estimate of drug-likeness (QED) is 0.233. The van der Waals surface area contributed by atoms with Crippen molar-refractivity contribution in [1.82, 2.24) is 9.47 Å². The molecule has 1 fully saturated rings. The van der Waals surface area contributed by atoms with E-state index in [1.165, 1.54) is 35.0 Å². The van der Waals surface area contributed by atoms with Crippen molar-refractivity contribution in [3.8, 4) is 11.4 Å². The minimum atomic E-state index is -1.44. The molecule has 2 heterocycles. The molecular formula is C35H30F2N4O5. The first kappa shape index (κ1) is 30.5. The lowest BCUT2D eigenvalue weighted by Gasteiger charge is -2.36. The zero-order valence-electron chi connectivity index (χ0n) is 24.9. The maximum absolute atomic E-state index is 15.5. The summed E-state index contributed by atoms with van der Waals surface area (Å²) < 4.78 is 35.9. The highest BCUT2D eigenvalue weighted by atomic mass is 19.1. The van der Waals surface area contributed by atoms with E-state index >= 15 is 4.39 Å². The molecule has 1 amide bonds. The van der Waals surface area contributed by atoms with E-state index in [4.69, 9.17) is 4.74 Å². The molecule has 1 aromatic heterocycles. The predicted octanol–water partition coefficient (Wildman–Crippen LogP) is 5.55. The predicted molar refractivity (Wildman–Crippen MR) is 171 cm³/mol. The van der Waals surface area contributed by atoms with Gasteiger partial charge in [0, 0.05) is 55.6 Å². The van der Waals surface area contributed by atoms with Crippen molar-refractivity contribution >= 4 is 34.2 Å². The van der Waals surface area contributed by atoms with Gasteiger partial charge >= 0.3 is 5.97 Å². The number of hydrogen-bond acceptors (Lipinski definition) is 6. The van der Waals surface area contributed by atoms with Crippen LogP contribution in [0, 0.1) is 11.6 Å². The minimum absolute atomic E-state index is 0.0795. The number of amides is 1. The molecule has 5 aromatic rings. The SMILES string of the molecule is COc1ccccc1NC(=O)c1ccc(CN2CCN(c3cc4c(cc3F)c(=O)c(C(=O)O)cn4-c3ccc(F)cc3)CC2)cc1. The van der Waals surface area contributed by atoms with Gasteiger partial charge in [-0.15, -0.1) is 0 Å². The van der Waals surface area contributed by atoms with Crippen LogP contribution in [0.4, 0.5) is 20.2 Å². The van der Waals surface area contributed by atoms with Crippen LogP contribution in [-0.4, -0.2) is 59.7 Å². The lowest BCUT2D eigenvalue weighted by molar-refractivity contribution is 0.0694. The number of halogens is 2. The lowest BCUT2D eigenvalue weighted by Crippen LogP contribution is -2.46. The Kier molecular flexibility index (Phi) is 8.49. The van der Waals surface area contributed by atoms with Gasteiger partial charge < -0.3 is 24.6 Å². The van der Waals surface area contributed by atoms with Gasteiger partial charge in [0.15, 0.2) is 0 Å². The zero-order chi connectivity index (χ0) is 32.4. The summed E-state index contributed by atoms with van der Waals surface area (Å²) in [7, 11) is 1.55. The fourth-order valence-corrected chi connectivity index (χ4v) is 5.65. The number of carboxylic acids is 1. The summed E-state index contributed by atoms with van der Waals surface area (Å²) in [5.41, 5.74) is 1.86. The number of nitrogens with one attached hydrogen (secondary N) is 1. The Morgan fingerprint density at radius 2 is 1.61 bits per heavy atom. The topological polar surface area (TPSA) is 104 Å². The Morgan fingerprint density at radius 3 is 2.28 bits per heavy atom. The molecule has 0 aliphatic carbocycles. The van der Waals surface area contributed by atoms with Gasteiger partial charge in [-0.1, -0.05) is 24.3 Å². The van der Waals surface area contributed by atoms with Crippen LogP contribution in [0.3, 0.4) is 0 Å². The molecular weight excluding hydrogens is 594 g/mol. The molecule has 1 aliphatic heterocycles. The van der Waals surface area contributed by atoms with Crippen LogP contribution in [0.25, 0.3) is 16.6 Å². The van der Waals surface area contributed by atoms with Crippen LogP contribution in [0.2, 0.25) is 0 Å². The normalized spacial score (nSPS) is 13.5. The number of carboxylic acid groups (broad SMARTS) is 1. The second-order valence-corrected chi connectivity index (χ2v) is 11.0. The average Bonchev–Trinajstić information content (AvgIpc) is 3.06. The van der Waals surface area contributed by atoms with Crippen molar-refractivity contribution in [3.05, 3.63) is 130 Å². The maximum atomic E-state index is 15.5. The Labute approximate surface area is 262 Å². The van der Waals surface area contributed by atoms with Crippen LogP contribution in [0.1, 0.15) is 26.3 Å². The lowest BCUT2D eigenvalue weighted by atomic mass is 10.1. The van der Waals surface area contributed by atoms with Crippen LogP contribution < -0.4 is 20.4 Å². The molecule has 46 heavy (non-hydrogen) atoms. The van der Waals surface area contributed by atoms with Gasteiger partial charge in [-0.25, -0.2) is 13.6 Å². The molecule has 4 aromatic carbocycles. The number of aromatic nitrogens is 1. The van der Waals surface area contributed by atoms with E-state index in [1.807, 2.05) is 29.2 Å². The summed E-state index contributed by atoms with van der Waals surface area (Å²) in [6.45, 7) is 2.93. The van der Waals surface area contributed by atoms with E-state index in [0.29, 0.717) is 60.9 Å². The van der Waals surface area contributed by atoms with Gasteiger partial charge in [0.2, 0.25) is 5.43 Å². The number of anilines is 2. The first-order valence-corrected chi connectivity index (χ1v) is 14.6. The third-order valence-corrected chi connectivity index (χ3v) is 8.10. The number of hydrogen-bond donors (Lipinski definition) is 2. The van der Waals surface area contributed by atoms with Crippen LogP contribution in [0.5, 0.6) is 5.75 Å². The van der Waals surface area contributed by atoms with Crippen molar-refractivity contribution in [3.63, 3.8) is 0 Å². The smallest absolute Gasteiger partial charge is 0.341 e. The third kappa shape index (κ3) is 6.18. The molecule has 6 rings (SSSR count). The Morgan fingerprint density at radius 1 is 0.913 bits per heavy atom. The molecule has 0 bridgehead atoms. The Hall–Kier alpha value is -5.55. The van der Waals surface area contributed by atoms with Gasteiger partial charge in [-0.2, -0.15) is 0 Å². The summed E-state index contributed by atoms with van der Waals surface area (Å²) >= 11 is 0. The first-order valence-electron chi connectivity index (χ1n) is 14.6. The number of benzene rings is 4. The first-order chi connectivity index (χ1) is 22.2. The monoisotopic (exact) mass is 624 g/mol. The van der Waals surface area contributed by atoms with Crippen LogP contribution in [0.15, 0.2) is 95.9 Å². The number of carbonyl (C=O) groups is 2. The van der Waals surface area contributed by atoms with E-state index in [9.17, 15) is 23.9 Å². The third-order valence-electron chi connectivity index (χ3n) is 8.10. The molecule has 9 nitrogen and oxygen atoms in total. The molecule has 234 valence electrons. The standard InChI is InChI=1S/C35H30F2N4O5/c1-46-32-5-3-2-4-29(32)38-34(43)23-8-6-22(7-9-23)20-39-14-16-40(17-15-39)31-19-30-26(18-28(31)37)33(42)27(35(44)45)21-41(30)25-12-10-24(36)11-13-25/h2-13,18-19,21H,14-17,20H2,1H3,(H,38,43)(H,44,45). The number of nitrogens with zero attached hydrogens (tertiary/aromatic N) is 3. The van der Waals surface area contributed by atoms with E-state index in [2.05, 4.69) is 10.2 Å². The summed E-state index contributed by atoms with van der Waals surface area (Å²) in [4.78, 5) is 41.6. The highest BCUT2D eigenvalue weighted by molar-refractivity contribution is 6.05. The molecule has 2 N–H and O–H groups in total. The minimum Gasteiger partial charge on any atom is -0.495 e. The molecule has 0 spiro atoms. The number of fused-ring (bicyclic) bond motifs is 1. The molecule has 1 aliphatic rings. The fourth-order valence-electron chi connectivity index (χ4n) is 5.65. The van der Waals surface area contributed by atoms with E-state index in [-0.39, 0.29) is 17.0 Å². The number of pyridine rings is 1. The number of aromatic carboxylic acids is 1. The van der Waals surface area contributed by atoms with Gasteiger partial charge in [0.1, 0.15) is 22.9 Å². The van der Waals surface area contributed by atoms with Gasteiger partial charge in [-0.3, -0.25) is 14.5 Å². The van der Waals surface area contributed by atoms with Crippen LogP contribution in [-0.2, 0) is 6.54 Å². The summed E-state index contributed by atoms with van der Waals surface area (Å²) in [6.07, 6.45) is 1.19. The second kappa shape index (κ2) is 12.8. The van der Waals surface area contributed by atoms with Crippen molar-refractivity contribution < 1.29 is 28.2 Å². The zero-order valence-corrected chi connectivity index (χ0v) is 24.9. The second-order valence-electron chi connectivity index (χ2n) is 11.0. The Balaban J connectivity index is 1.16. The van der Waals surface area contributed by atoms with Crippen molar-refractivity contribution in [2.45, 2.75) is 6.54 Å². The molecule has 1 saturated heterocycles. The molecule has 0 saturated carbocycles.